The van der Waals surface area contributed by atoms with Crippen molar-refractivity contribution in [1.82, 2.24) is 19.6 Å². The van der Waals surface area contributed by atoms with Crippen LogP contribution in [0, 0.1) is 6.92 Å². The first kappa shape index (κ1) is 16.5. The first-order chi connectivity index (χ1) is 11.5. The number of piperazine rings is 1. The highest BCUT2D eigenvalue weighted by molar-refractivity contribution is 5.92. The van der Waals surface area contributed by atoms with Crippen molar-refractivity contribution in [3.63, 3.8) is 0 Å². The molecule has 0 bridgehead atoms. The lowest BCUT2D eigenvalue weighted by Gasteiger charge is -2.37. The van der Waals surface area contributed by atoms with Crippen LogP contribution in [-0.4, -0.2) is 65.3 Å². The maximum atomic E-state index is 12.8. The van der Waals surface area contributed by atoms with E-state index in [9.17, 15) is 4.79 Å². The third-order valence-electron chi connectivity index (χ3n) is 4.48. The van der Waals surface area contributed by atoms with E-state index in [1.807, 2.05) is 36.2 Å². The number of hydrogen-bond donors (Lipinski definition) is 0. The second kappa shape index (κ2) is 6.65. The van der Waals surface area contributed by atoms with Crippen LogP contribution in [0.4, 0.5) is 0 Å². The third-order valence-corrected chi connectivity index (χ3v) is 4.48. The number of amides is 1. The number of carbonyl (C=O) groups is 1. The van der Waals surface area contributed by atoms with Gasteiger partial charge in [0.2, 0.25) is 0 Å². The fourth-order valence-corrected chi connectivity index (χ4v) is 3.14. The summed E-state index contributed by atoms with van der Waals surface area (Å²) in [6.45, 7) is 6.61. The Hall–Kier alpha value is -2.34. The molecule has 0 radical (unpaired) electrons. The van der Waals surface area contributed by atoms with Gasteiger partial charge in [0.15, 0.2) is 5.69 Å². The molecule has 1 atom stereocenters. The highest BCUT2D eigenvalue weighted by Crippen LogP contribution is 2.24. The van der Waals surface area contributed by atoms with E-state index in [4.69, 9.17) is 4.74 Å². The molecule has 6 nitrogen and oxygen atoms in total. The van der Waals surface area contributed by atoms with E-state index in [1.165, 1.54) is 0 Å². The van der Waals surface area contributed by atoms with Crippen LogP contribution in [0.25, 0.3) is 5.69 Å². The van der Waals surface area contributed by atoms with Crippen LogP contribution in [0.2, 0.25) is 0 Å². The van der Waals surface area contributed by atoms with Gasteiger partial charge in [-0.2, -0.15) is 5.10 Å². The van der Waals surface area contributed by atoms with E-state index in [0.29, 0.717) is 5.69 Å². The number of rotatable bonds is 3. The van der Waals surface area contributed by atoms with Crippen molar-refractivity contribution >= 4 is 5.91 Å². The minimum absolute atomic E-state index is 0.0130. The molecule has 6 heteroatoms. The van der Waals surface area contributed by atoms with Crippen LogP contribution in [0.1, 0.15) is 23.0 Å². The second-order valence-electron chi connectivity index (χ2n) is 6.43. The minimum atomic E-state index is -0.0130. The Labute approximate surface area is 142 Å². The molecule has 3 rings (SSSR count). The van der Waals surface area contributed by atoms with Gasteiger partial charge in [-0.3, -0.25) is 4.79 Å². The van der Waals surface area contributed by atoms with Crippen LogP contribution in [0.5, 0.6) is 5.75 Å². The smallest absolute Gasteiger partial charge is 0.274 e. The average Bonchev–Trinajstić information content (AvgIpc) is 3.04. The molecule has 0 aliphatic carbocycles. The predicted molar refractivity (Wildman–Crippen MR) is 92.8 cm³/mol. The Balaban J connectivity index is 1.86. The molecular formula is C18H24N4O2. The molecular weight excluding hydrogens is 304 g/mol. The van der Waals surface area contributed by atoms with Gasteiger partial charge in [-0.1, -0.05) is 6.07 Å². The zero-order valence-corrected chi connectivity index (χ0v) is 14.7. The van der Waals surface area contributed by atoms with Crippen LogP contribution in [0.3, 0.4) is 0 Å². The van der Waals surface area contributed by atoms with Crippen LogP contribution < -0.4 is 4.74 Å². The lowest BCUT2D eigenvalue weighted by Crippen LogP contribution is -2.52. The molecule has 2 heterocycles. The van der Waals surface area contributed by atoms with Crippen LogP contribution in [0.15, 0.2) is 30.5 Å². The zero-order chi connectivity index (χ0) is 17.3. The lowest BCUT2D eigenvalue weighted by atomic mass is 10.2. The maximum absolute atomic E-state index is 12.8. The highest BCUT2D eigenvalue weighted by atomic mass is 16.5. The third kappa shape index (κ3) is 3.14. The molecule has 0 N–H and O–H groups in total. The summed E-state index contributed by atoms with van der Waals surface area (Å²) in [6, 6.07) is 7.86. The minimum Gasteiger partial charge on any atom is -0.494 e. The van der Waals surface area contributed by atoms with Gasteiger partial charge in [0.1, 0.15) is 11.4 Å². The molecule has 24 heavy (non-hydrogen) atoms. The Bertz CT molecular complexity index is 740. The van der Waals surface area contributed by atoms with Gasteiger partial charge in [0, 0.05) is 31.9 Å². The average molecular weight is 328 g/mol. The zero-order valence-electron chi connectivity index (χ0n) is 14.7. The van der Waals surface area contributed by atoms with E-state index < -0.39 is 0 Å². The van der Waals surface area contributed by atoms with E-state index in [0.717, 1.165) is 36.6 Å². The van der Waals surface area contributed by atoms with Crippen LogP contribution >= 0.6 is 0 Å². The van der Waals surface area contributed by atoms with Crippen molar-refractivity contribution in [2.75, 3.05) is 33.8 Å². The molecule has 1 saturated heterocycles. The maximum Gasteiger partial charge on any atom is 0.274 e. The van der Waals surface area contributed by atoms with Crippen molar-refractivity contribution in [2.45, 2.75) is 19.9 Å². The Kier molecular flexibility index (Phi) is 4.57. The van der Waals surface area contributed by atoms with Gasteiger partial charge in [-0.25, -0.2) is 4.68 Å². The van der Waals surface area contributed by atoms with E-state index in [-0.39, 0.29) is 11.9 Å². The summed E-state index contributed by atoms with van der Waals surface area (Å²) >= 11 is 0. The van der Waals surface area contributed by atoms with E-state index in [1.54, 1.807) is 17.9 Å². The Morgan fingerprint density at radius 3 is 2.79 bits per heavy atom. The fraction of sp³-hybridized carbons (Fsp3) is 0.444. The fourth-order valence-electron chi connectivity index (χ4n) is 3.14. The second-order valence-corrected chi connectivity index (χ2v) is 6.43. The summed E-state index contributed by atoms with van der Waals surface area (Å²) in [4.78, 5) is 16.9. The SMILES string of the molecule is COc1ccc(C)cc1-n1ccc(C(=O)N2CCN(C)C[C@@H]2C)n1. The Morgan fingerprint density at radius 2 is 2.08 bits per heavy atom. The highest BCUT2D eigenvalue weighted by Gasteiger charge is 2.28. The molecule has 2 aromatic rings. The Morgan fingerprint density at radius 1 is 1.29 bits per heavy atom. The summed E-state index contributed by atoms with van der Waals surface area (Å²) in [5.74, 6) is 0.719. The molecule has 0 spiro atoms. The van der Waals surface area contributed by atoms with Crippen molar-refractivity contribution in [3.05, 3.63) is 41.7 Å². The van der Waals surface area contributed by atoms with Crippen molar-refractivity contribution < 1.29 is 9.53 Å². The number of hydrogen-bond acceptors (Lipinski definition) is 4. The van der Waals surface area contributed by atoms with Gasteiger partial charge in [0.25, 0.3) is 5.91 Å². The van der Waals surface area contributed by atoms with E-state index >= 15 is 0 Å². The topological polar surface area (TPSA) is 50.6 Å². The first-order valence-electron chi connectivity index (χ1n) is 8.20. The number of likely N-dealkylation sites (N-methyl/N-ethyl adjacent to an activating group) is 1. The molecule has 1 aromatic heterocycles. The number of methoxy groups -OCH3 is 1. The summed E-state index contributed by atoms with van der Waals surface area (Å²) in [7, 11) is 3.71. The van der Waals surface area contributed by atoms with Crippen molar-refractivity contribution in [3.8, 4) is 11.4 Å². The van der Waals surface area contributed by atoms with Gasteiger partial charge in [0.05, 0.1) is 7.11 Å². The van der Waals surface area contributed by atoms with Gasteiger partial charge >= 0.3 is 0 Å². The summed E-state index contributed by atoms with van der Waals surface area (Å²) in [5, 5.41) is 4.49. The summed E-state index contributed by atoms with van der Waals surface area (Å²) in [6.07, 6.45) is 1.81. The van der Waals surface area contributed by atoms with Gasteiger partial charge < -0.3 is 14.5 Å². The number of aryl methyl sites for hydroxylation is 1. The summed E-state index contributed by atoms with van der Waals surface area (Å²) < 4.78 is 7.12. The number of ether oxygens (including phenoxy) is 1. The molecule has 1 amide bonds. The predicted octanol–water partition coefficient (Wildman–Crippen LogP) is 1.97. The lowest BCUT2D eigenvalue weighted by molar-refractivity contribution is 0.0527. The molecule has 0 unspecified atom stereocenters. The number of carbonyl (C=O) groups excluding carboxylic acids is 1. The van der Waals surface area contributed by atoms with Crippen LogP contribution in [-0.2, 0) is 0 Å². The molecule has 1 fully saturated rings. The molecule has 1 aliphatic rings. The molecule has 0 saturated carbocycles. The molecule has 1 aliphatic heterocycles. The molecule has 1 aromatic carbocycles. The monoisotopic (exact) mass is 328 g/mol. The quantitative estimate of drug-likeness (QED) is 0.864. The number of nitrogens with zero attached hydrogens (tertiary/aromatic N) is 4. The standard InChI is InChI=1S/C18H24N4O2/c1-13-5-6-17(24-4)16(11-13)22-8-7-15(19-22)18(23)21-10-9-20(3)12-14(21)2/h5-8,11,14H,9-10,12H2,1-4H3/t14-/m0/s1. The number of benzene rings is 1. The normalized spacial score (nSPS) is 18.7. The van der Waals surface area contributed by atoms with E-state index in [2.05, 4.69) is 24.0 Å². The van der Waals surface area contributed by atoms with Gasteiger partial charge in [-0.15, -0.1) is 0 Å². The number of aromatic nitrogens is 2. The first-order valence-corrected chi connectivity index (χ1v) is 8.20. The summed E-state index contributed by atoms with van der Waals surface area (Å²) in [5.41, 5.74) is 2.42. The van der Waals surface area contributed by atoms with Crippen molar-refractivity contribution in [1.29, 1.82) is 0 Å². The van der Waals surface area contributed by atoms with Crippen molar-refractivity contribution in [2.24, 2.45) is 0 Å². The molecule has 128 valence electrons. The largest absolute Gasteiger partial charge is 0.494 e. The van der Waals surface area contributed by atoms with Gasteiger partial charge in [-0.05, 0) is 44.7 Å².